The van der Waals surface area contributed by atoms with Crippen LogP contribution in [0.3, 0.4) is 0 Å². The molecule has 0 fully saturated rings. The summed E-state index contributed by atoms with van der Waals surface area (Å²) >= 11 is 0. The molecule has 3 heteroatoms. The van der Waals surface area contributed by atoms with Gasteiger partial charge in [-0.25, -0.2) is 0 Å². The lowest BCUT2D eigenvalue weighted by Gasteiger charge is -2.06. The molecule has 1 aromatic heterocycles. The van der Waals surface area contributed by atoms with Crippen molar-refractivity contribution >= 4 is 5.84 Å². The van der Waals surface area contributed by atoms with E-state index in [4.69, 9.17) is 5.41 Å². The van der Waals surface area contributed by atoms with Crippen LogP contribution in [-0.4, -0.2) is 10.8 Å². The van der Waals surface area contributed by atoms with E-state index in [1.807, 2.05) is 30.3 Å². The molecule has 0 aliphatic carbocycles. The van der Waals surface area contributed by atoms with Crippen LogP contribution >= 0.6 is 0 Å². The van der Waals surface area contributed by atoms with Crippen molar-refractivity contribution in [3.05, 3.63) is 66.0 Å². The van der Waals surface area contributed by atoms with E-state index in [0.29, 0.717) is 12.4 Å². The monoisotopic (exact) mass is 210 g/mol. The van der Waals surface area contributed by atoms with Crippen LogP contribution in [0, 0.1) is 11.5 Å². The highest BCUT2D eigenvalue weighted by Crippen LogP contribution is 1.98. The van der Waals surface area contributed by atoms with Gasteiger partial charge in [-0.2, -0.15) is 0 Å². The van der Waals surface area contributed by atoms with Gasteiger partial charge in [0, 0.05) is 11.8 Å². The molecule has 79 valence electrons. The van der Waals surface area contributed by atoms with E-state index in [2.05, 4.69) is 16.4 Å². The number of rotatable bonds is 3. The van der Waals surface area contributed by atoms with Gasteiger partial charge in [-0.3, -0.25) is 10.4 Å². The van der Waals surface area contributed by atoms with Gasteiger partial charge < -0.3 is 5.32 Å². The van der Waals surface area contributed by atoms with E-state index in [-0.39, 0.29) is 0 Å². The van der Waals surface area contributed by atoms with Crippen molar-refractivity contribution in [2.24, 2.45) is 0 Å². The number of hydrogen-bond donors (Lipinski definition) is 2. The molecule has 2 rings (SSSR count). The molecule has 3 nitrogen and oxygen atoms in total. The molecule has 2 N–H and O–H groups in total. The second-order valence-electron chi connectivity index (χ2n) is 3.34. The average molecular weight is 210 g/mol. The van der Waals surface area contributed by atoms with Gasteiger partial charge in [-0.1, -0.05) is 30.3 Å². The Bertz CT molecular complexity index is 451. The number of amidine groups is 1. The predicted molar refractivity (Wildman–Crippen MR) is 63.2 cm³/mol. The molecule has 0 bridgehead atoms. The molecule has 2 aromatic rings. The standard InChI is InChI=1S/C13H12N3/c14-13(11-6-2-1-3-7-11)16-10-12-8-4-5-9-15-12/h2-9H,10H2,(H2,14,16). The summed E-state index contributed by atoms with van der Waals surface area (Å²) < 4.78 is 0. The number of hydrogen-bond acceptors (Lipinski definition) is 2. The zero-order valence-corrected chi connectivity index (χ0v) is 8.77. The van der Waals surface area contributed by atoms with Crippen molar-refractivity contribution in [2.75, 3.05) is 0 Å². The smallest absolute Gasteiger partial charge is 0.125 e. The fourth-order valence-electron chi connectivity index (χ4n) is 1.34. The van der Waals surface area contributed by atoms with Crippen LogP contribution in [-0.2, 0) is 6.54 Å². The summed E-state index contributed by atoms with van der Waals surface area (Å²) in [5.41, 5.74) is 1.78. The number of nitrogens with zero attached hydrogens (tertiary/aromatic N) is 1. The third-order valence-electron chi connectivity index (χ3n) is 2.18. The van der Waals surface area contributed by atoms with Crippen LogP contribution in [0.15, 0.2) is 48.7 Å². The molecule has 16 heavy (non-hydrogen) atoms. The average Bonchev–Trinajstić information content (AvgIpc) is 2.38. The molecule has 0 aliphatic rings. The SMILES string of the molecule is N=C(NCc1ccccn1)c1cc[c]cc1. The maximum Gasteiger partial charge on any atom is 0.125 e. The predicted octanol–water partition coefficient (Wildman–Crippen LogP) is 2.00. The fourth-order valence-corrected chi connectivity index (χ4v) is 1.34. The Morgan fingerprint density at radius 2 is 2.06 bits per heavy atom. The molecule has 0 atom stereocenters. The topological polar surface area (TPSA) is 48.8 Å². The first-order chi connectivity index (χ1) is 7.86. The molecule has 1 radical (unpaired) electrons. The van der Waals surface area contributed by atoms with Gasteiger partial charge in [0.05, 0.1) is 12.2 Å². The van der Waals surface area contributed by atoms with Crippen LogP contribution in [0.4, 0.5) is 0 Å². The normalized spacial score (nSPS) is 9.75. The van der Waals surface area contributed by atoms with Crippen molar-refractivity contribution in [1.29, 1.82) is 5.41 Å². The van der Waals surface area contributed by atoms with E-state index < -0.39 is 0 Å². The summed E-state index contributed by atoms with van der Waals surface area (Å²) in [6.07, 6.45) is 1.75. The number of aromatic nitrogens is 1. The molecule has 0 aliphatic heterocycles. The van der Waals surface area contributed by atoms with Gasteiger partial charge in [0.1, 0.15) is 5.84 Å². The highest BCUT2D eigenvalue weighted by Gasteiger charge is 1.99. The lowest BCUT2D eigenvalue weighted by Crippen LogP contribution is -2.23. The van der Waals surface area contributed by atoms with Crippen molar-refractivity contribution in [3.8, 4) is 0 Å². The van der Waals surface area contributed by atoms with Crippen molar-refractivity contribution < 1.29 is 0 Å². The van der Waals surface area contributed by atoms with E-state index in [1.165, 1.54) is 0 Å². The van der Waals surface area contributed by atoms with Crippen LogP contribution in [0.2, 0.25) is 0 Å². The minimum atomic E-state index is 0.402. The maximum absolute atomic E-state index is 7.83. The van der Waals surface area contributed by atoms with E-state index in [9.17, 15) is 0 Å². The van der Waals surface area contributed by atoms with Crippen molar-refractivity contribution in [1.82, 2.24) is 10.3 Å². The highest BCUT2D eigenvalue weighted by atomic mass is 14.9. The molecular formula is C13H12N3. The molecule has 0 amide bonds. The second kappa shape index (κ2) is 5.07. The summed E-state index contributed by atoms with van der Waals surface area (Å²) in [6.45, 7) is 0.568. The summed E-state index contributed by atoms with van der Waals surface area (Å²) in [5, 5.41) is 10.8. The quantitative estimate of drug-likeness (QED) is 0.601. The summed E-state index contributed by atoms with van der Waals surface area (Å²) in [4.78, 5) is 4.18. The minimum Gasteiger partial charge on any atom is -0.364 e. The molecular weight excluding hydrogens is 198 g/mol. The van der Waals surface area contributed by atoms with Gasteiger partial charge in [0.25, 0.3) is 0 Å². The molecule has 0 saturated heterocycles. The zero-order chi connectivity index (χ0) is 11.2. The summed E-state index contributed by atoms with van der Waals surface area (Å²) in [5.74, 6) is 0.402. The Morgan fingerprint density at radius 3 is 2.75 bits per heavy atom. The van der Waals surface area contributed by atoms with Crippen molar-refractivity contribution in [3.63, 3.8) is 0 Å². The first kappa shape index (κ1) is 10.4. The van der Waals surface area contributed by atoms with E-state index in [0.717, 1.165) is 11.3 Å². The Hall–Kier alpha value is -2.16. The van der Waals surface area contributed by atoms with Crippen LogP contribution < -0.4 is 5.32 Å². The second-order valence-corrected chi connectivity index (χ2v) is 3.34. The lowest BCUT2D eigenvalue weighted by molar-refractivity contribution is 0.868. The van der Waals surface area contributed by atoms with Gasteiger partial charge in [0.15, 0.2) is 0 Å². The fraction of sp³-hybridized carbons (Fsp3) is 0.0769. The van der Waals surface area contributed by atoms with Crippen LogP contribution in [0.25, 0.3) is 0 Å². The Labute approximate surface area is 94.7 Å². The third kappa shape index (κ3) is 2.67. The van der Waals surface area contributed by atoms with Gasteiger partial charge in [0.2, 0.25) is 0 Å². The van der Waals surface area contributed by atoms with Gasteiger partial charge in [-0.15, -0.1) is 0 Å². The maximum atomic E-state index is 7.83. The minimum absolute atomic E-state index is 0.402. The summed E-state index contributed by atoms with van der Waals surface area (Å²) in [6, 6.07) is 16.0. The molecule has 0 spiro atoms. The first-order valence-corrected chi connectivity index (χ1v) is 5.05. The number of pyridine rings is 1. The van der Waals surface area contributed by atoms with Gasteiger partial charge >= 0.3 is 0 Å². The molecule has 1 aromatic carbocycles. The molecule has 0 unspecified atom stereocenters. The van der Waals surface area contributed by atoms with Gasteiger partial charge in [-0.05, 0) is 18.2 Å². The Kier molecular flexibility index (Phi) is 3.28. The third-order valence-corrected chi connectivity index (χ3v) is 2.18. The number of benzene rings is 1. The van der Waals surface area contributed by atoms with E-state index >= 15 is 0 Å². The number of nitrogens with one attached hydrogen (secondary N) is 2. The lowest BCUT2D eigenvalue weighted by atomic mass is 10.2. The largest absolute Gasteiger partial charge is 0.364 e. The van der Waals surface area contributed by atoms with Crippen LogP contribution in [0.1, 0.15) is 11.3 Å². The summed E-state index contributed by atoms with van der Waals surface area (Å²) in [7, 11) is 0. The highest BCUT2D eigenvalue weighted by molar-refractivity contribution is 5.96. The van der Waals surface area contributed by atoms with E-state index in [1.54, 1.807) is 18.3 Å². The van der Waals surface area contributed by atoms with Crippen molar-refractivity contribution in [2.45, 2.75) is 6.54 Å². The zero-order valence-electron chi connectivity index (χ0n) is 8.77. The molecule has 1 heterocycles. The Morgan fingerprint density at radius 1 is 1.25 bits per heavy atom. The first-order valence-electron chi connectivity index (χ1n) is 5.05. The molecule has 0 saturated carbocycles. The van der Waals surface area contributed by atoms with Crippen LogP contribution in [0.5, 0.6) is 0 Å². The Balaban J connectivity index is 1.95.